The molecule has 0 saturated heterocycles. The van der Waals surface area contributed by atoms with Crippen LogP contribution < -0.4 is 5.01 Å². The van der Waals surface area contributed by atoms with Gasteiger partial charge in [-0.25, -0.2) is 13.4 Å². The summed E-state index contributed by atoms with van der Waals surface area (Å²) in [5, 5.41) is 5.23. The van der Waals surface area contributed by atoms with E-state index < -0.39 is 15.9 Å². The van der Waals surface area contributed by atoms with E-state index in [2.05, 4.69) is 5.29 Å². The second kappa shape index (κ2) is 4.29. The number of nitrogens with zero attached hydrogens (tertiary/aromatic N) is 2. The first-order valence-electron chi connectivity index (χ1n) is 5.12. The molecule has 1 aliphatic heterocycles. The van der Waals surface area contributed by atoms with Gasteiger partial charge in [-0.3, -0.25) is 0 Å². The van der Waals surface area contributed by atoms with Gasteiger partial charge in [0.15, 0.2) is 9.84 Å². The number of aryl methyl sites for hydroxylation is 1. The van der Waals surface area contributed by atoms with Crippen molar-refractivity contribution in [3.63, 3.8) is 0 Å². The highest BCUT2D eigenvalue weighted by Gasteiger charge is 2.28. The van der Waals surface area contributed by atoms with Gasteiger partial charge in [-0.1, -0.05) is 12.1 Å². The molecule has 1 aliphatic rings. The molecule has 2 rings (SSSR count). The van der Waals surface area contributed by atoms with Gasteiger partial charge in [-0.2, -0.15) is 0 Å². The molecule has 0 saturated carbocycles. The van der Waals surface area contributed by atoms with Gasteiger partial charge in [-0.05, 0) is 30.7 Å². The Morgan fingerprint density at radius 1 is 1.41 bits per heavy atom. The number of hydrogen-bond acceptors (Lipinski definition) is 4. The highest BCUT2D eigenvalue weighted by atomic mass is 32.2. The Bertz CT molecular complexity index is 566. The molecule has 1 unspecified atom stereocenters. The molecular weight excluding hydrogens is 240 g/mol. The van der Waals surface area contributed by atoms with Gasteiger partial charge in [0.1, 0.15) is 0 Å². The third-order valence-electron chi connectivity index (χ3n) is 2.58. The summed E-state index contributed by atoms with van der Waals surface area (Å²) in [5.74, 6) is -0.104. The van der Waals surface area contributed by atoms with E-state index in [1.165, 1.54) is 11.1 Å². The first kappa shape index (κ1) is 11.8. The normalized spacial score (nSPS) is 21.4. The minimum atomic E-state index is -3.19. The predicted molar refractivity (Wildman–Crippen MR) is 66.2 cm³/mol. The van der Waals surface area contributed by atoms with Gasteiger partial charge in [0, 0.05) is 5.41 Å². The van der Waals surface area contributed by atoms with Crippen LogP contribution in [0.5, 0.6) is 0 Å². The van der Waals surface area contributed by atoms with E-state index in [0.29, 0.717) is 5.69 Å². The Morgan fingerprint density at radius 2 is 2.18 bits per heavy atom. The third-order valence-corrected chi connectivity index (χ3v) is 3.96. The summed E-state index contributed by atoms with van der Waals surface area (Å²) in [5.41, 5.74) is 1.59. The van der Waals surface area contributed by atoms with Crippen molar-refractivity contribution in [3.05, 3.63) is 46.2 Å². The van der Waals surface area contributed by atoms with Crippen LogP contribution in [0.25, 0.3) is 0 Å². The van der Waals surface area contributed by atoms with Crippen molar-refractivity contribution in [3.8, 4) is 0 Å². The summed E-state index contributed by atoms with van der Waals surface area (Å²) in [6, 6.07) is 6.70. The van der Waals surface area contributed by atoms with E-state index in [-0.39, 0.29) is 5.75 Å². The van der Waals surface area contributed by atoms with Crippen molar-refractivity contribution in [1.29, 1.82) is 0 Å². The van der Waals surface area contributed by atoms with Crippen LogP contribution in [-0.4, -0.2) is 20.2 Å². The van der Waals surface area contributed by atoms with Crippen LogP contribution in [0.2, 0.25) is 0 Å². The summed E-state index contributed by atoms with van der Waals surface area (Å²) in [4.78, 5) is 10.9. The van der Waals surface area contributed by atoms with Gasteiger partial charge in [0.2, 0.25) is 0 Å². The third kappa shape index (κ3) is 2.52. The molecular formula is C11H12N2O3S. The molecule has 0 fully saturated rings. The van der Waals surface area contributed by atoms with Crippen LogP contribution in [-0.2, 0) is 9.84 Å². The lowest BCUT2D eigenvalue weighted by Gasteiger charge is -2.20. The number of rotatable bonds is 3. The zero-order valence-electron chi connectivity index (χ0n) is 9.28. The summed E-state index contributed by atoms with van der Waals surface area (Å²) in [6.07, 6.45) is 1.49. The van der Waals surface area contributed by atoms with E-state index in [1.54, 1.807) is 18.2 Å². The standard InChI is InChI=1S/C11H12N2O3S/c1-9-3-2-4-10(7-9)13(12-14)11-5-6-17(15,16)8-11/h2-7,11H,8H2,1H3. The summed E-state index contributed by atoms with van der Waals surface area (Å²) in [7, 11) is -3.19. The molecule has 0 N–H and O–H groups in total. The van der Waals surface area contributed by atoms with E-state index in [4.69, 9.17) is 0 Å². The highest BCUT2D eigenvalue weighted by molar-refractivity contribution is 7.94. The maximum atomic E-state index is 11.3. The average Bonchev–Trinajstić information content (AvgIpc) is 2.60. The Labute approximate surface area is 99.6 Å². The van der Waals surface area contributed by atoms with Gasteiger partial charge >= 0.3 is 0 Å². The van der Waals surface area contributed by atoms with Crippen molar-refractivity contribution in [2.45, 2.75) is 13.0 Å². The zero-order chi connectivity index (χ0) is 12.5. The first-order valence-corrected chi connectivity index (χ1v) is 6.83. The van der Waals surface area contributed by atoms with E-state index in [0.717, 1.165) is 11.0 Å². The summed E-state index contributed by atoms with van der Waals surface area (Å²) in [6.45, 7) is 1.90. The molecule has 0 radical (unpaired) electrons. The van der Waals surface area contributed by atoms with Crippen LogP contribution in [0, 0.1) is 11.8 Å². The minimum Gasteiger partial charge on any atom is -0.224 e. The van der Waals surface area contributed by atoms with Crippen molar-refractivity contribution in [2.75, 3.05) is 10.8 Å². The Balaban J connectivity index is 2.30. The molecule has 17 heavy (non-hydrogen) atoms. The maximum absolute atomic E-state index is 11.3. The smallest absolute Gasteiger partial charge is 0.173 e. The quantitative estimate of drug-likeness (QED) is 0.607. The predicted octanol–water partition coefficient (Wildman–Crippen LogP) is 1.79. The maximum Gasteiger partial charge on any atom is 0.173 e. The number of benzene rings is 1. The minimum absolute atomic E-state index is 0.104. The zero-order valence-corrected chi connectivity index (χ0v) is 10.1. The first-order chi connectivity index (χ1) is 8.02. The van der Waals surface area contributed by atoms with Crippen LogP contribution >= 0.6 is 0 Å². The summed E-state index contributed by atoms with van der Waals surface area (Å²) >= 11 is 0. The largest absolute Gasteiger partial charge is 0.224 e. The lowest BCUT2D eigenvalue weighted by molar-refractivity contribution is 0.602. The molecule has 1 aromatic carbocycles. The van der Waals surface area contributed by atoms with Crippen LogP contribution in [0.4, 0.5) is 5.69 Å². The second-order valence-corrected chi connectivity index (χ2v) is 5.92. The number of nitroso groups, excluding NO2 is 1. The van der Waals surface area contributed by atoms with Gasteiger partial charge in [0.25, 0.3) is 0 Å². The lowest BCUT2D eigenvalue weighted by Crippen LogP contribution is -2.31. The van der Waals surface area contributed by atoms with Crippen molar-refractivity contribution < 1.29 is 8.42 Å². The fourth-order valence-electron chi connectivity index (χ4n) is 1.78. The van der Waals surface area contributed by atoms with Crippen molar-refractivity contribution in [2.24, 2.45) is 5.29 Å². The van der Waals surface area contributed by atoms with E-state index >= 15 is 0 Å². The van der Waals surface area contributed by atoms with E-state index in [9.17, 15) is 13.3 Å². The second-order valence-electron chi connectivity index (χ2n) is 3.99. The van der Waals surface area contributed by atoms with Gasteiger partial charge in [-0.15, -0.1) is 4.91 Å². The van der Waals surface area contributed by atoms with Gasteiger partial charge in [0.05, 0.1) is 22.8 Å². The number of hydrogen-bond donors (Lipinski definition) is 0. The SMILES string of the molecule is Cc1cccc(N(N=O)C2C=CS(=O)(=O)C2)c1. The fourth-order valence-corrected chi connectivity index (χ4v) is 3.04. The highest BCUT2D eigenvalue weighted by Crippen LogP contribution is 2.23. The van der Waals surface area contributed by atoms with Gasteiger partial charge < -0.3 is 0 Å². The molecule has 1 heterocycles. The topological polar surface area (TPSA) is 66.8 Å². The Morgan fingerprint density at radius 3 is 2.71 bits per heavy atom. The Kier molecular flexibility index (Phi) is 2.97. The monoisotopic (exact) mass is 252 g/mol. The molecule has 0 aromatic heterocycles. The summed E-state index contributed by atoms with van der Waals surface area (Å²) < 4.78 is 22.6. The fraction of sp³-hybridized carbons (Fsp3) is 0.273. The van der Waals surface area contributed by atoms with Crippen molar-refractivity contribution in [1.82, 2.24) is 0 Å². The molecule has 1 atom stereocenters. The number of sulfone groups is 1. The molecule has 5 nitrogen and oxygen atoms in total. The van der Waals surface area contributed by atoms with Crippen LogP contribution in [0.1, 0.15) is 5.56 Å². The molecule has 0 aliphatic carbocycles. The molecule has 0 bridgehead atoms. The van der Waals surface area contributed by atoms with Crippen molar-refractivity contribution >= 4 is 15.5 Å². The molecule has 0 amide bonds. The number of anilines is 1. The molecule has 6 heteroatoms. The van der Waals surface area contributed by atoms with Crippen LogP contribution in [0.15, 0.2) is 41.0 Å². The Hall–Kier alpha value is -1.69. The van der Waals surface area contributed by atoms with Crippen LogP contribution in [0.3, 0.4) is 0 Å². The average molecular weight is 252 g/mol. The van der Waals surface area contributed by atoms with E-state index in [1.807, 2.05) is 13.0 Å². The lowest BCUT2D eigenvalue weighted by atomic mass is 10.2. The molecule has 1 aromatic rings. The molecule has 0 spiro atoms. The molecule has 90 valence electrons.